The van der Waals surface area contributed by atoms with E-state index < -0.39 is 11.6 Å². The Kier molecular flexibility index (Phi) is 3.41. The second kappa shape index (κ2) is 4.70. The van der Waals surface area contributed by atoms with Crippen molar-refractivity contribution >= 4 is 34.2 Å². The van der Waals surface area contributed by atoms with Crippen molar-refractivity contribution in [2.75, 3.05) is 0 Å². The maximum atomic E-state index is 12.0. The molecule has 0 aliphatic carbocycles. The molecule has 94 valence electrons. The molecule has 0 saturated heterocycles. The molecule has 18 heavy (non-hydrogen) atoms. The Morgan fingerprint density at radius 2 is 1.11 bits per heavy atom. The number of ketones is 2. The Balaban J connectivity index is 2.31. The van der Waals surface area contributed by atoms with Crippen LogP contribution in [0.25, 0.3) is 0 Å². The van der Waals surface area contributed by atoms with Crippen LogP contribution in [-0.2, 0) is 0 Å². The molecule has 2 heterocycles. The summed E-state index contributed by atoms with van der Waals surface area (Å²) >= 11 is 2.50. The van der Waals surface area contributed by atoms with E-state index in [1.54, 1.807) is 0 Å². The summed E-state index contributed by atoms with van der Waals surface area (Å²) in [7, 11) is 0. The molecular weight excluding hydrogens is 268 g/mol. The van der Waals surface area contributed by atoms with Crippen LogP contribution in [0, 0.1) is 27.7 Å². The van der Waals surface area contributed by atoms with Gasteiger partial charge in [0.1, 0.15) is 0 Å². The second-order valence-electron chi connectivity index (χ2n) is 3.98. The Morgan fingerprint density at radius 1 is 0.778 bits per heavy atom. The second-order valence-corrected chi connectivity index (χ2v) is 6.39. The first-order chi connectivity index (χ1) is 8.40. The van der Waals surface area contributed by atoms with Crippen LogP contribution in [0.4, 0.5) is 0 Å². The van der Waals surface area contributed by atoms with Crippen molar-refractivity contribution in [3.8, 4) is 0 Å². The van der Waals surface area contributed by atoms with E-state index in [-0.39, 0.29) is 10.0 Å². The lowest BCUT2D eigenvalue weighted by molar-refractivity contribution is 0.0816. The van der Waals surface area contributed by atoms with Gasteiger partial charge < -0.3 is 0 Å². The van der Waals surface area contributed by atoms with Crippen LogP contribution in [0.5, 0.6) is 0 Å². The zero-order valence-corrected chi connectivity index (χ0v) is 12.2. The number of nitrogens with zero attached hydrogens (tertiary/aromatic N) is 2. The fraction of sp³-hybridized carbons (Fsp3) is 0.333. The van der Waals surface area contributed by atoms with E-state index in [1.165, 1.54) is 22.7 Å². The number of Topliss-reactive ketones (excluding diaryl/α,β-unsaturated/α-hetero) is 2. The zero-order valence-electron chi connectivity index (χ0n) is 10.5. The predicted octanol–water partition coefficient (Wildman–Crippen LogP) is 2.90. The molecule has 0 bridgehead atoms. The number of hydrogen-bond acceptors (Lipinski definition) is 6. The molecule has 0 aromatic carbocycles. The molecule has 0 fully saturated rings. The van der Waals surface area contributed by atoms with Crippen LogP contribution in [0.2, 0.25) is 0 Å². The van der Waals surface area contributed by atoms with E-state index in [4.69, 9.17) is 0 Å². The first-order valence-electron chi connectivity index (χ1n) is 5.37. The van der Waals surface area contributed by atoms with Gasteiger partial charge in [-0.15, -0.1) is 22.7 Å². The molecule has 4 nitrogen and oxygen atoms in total. The molecule has 0 unspecified atom stereocenters. The smallest absolute Gasteiger partial charge is 0.264 e. The number of carbonyl (C=O) groups excluding carboxylic acids is 2. The molecule has 0 aliphatic rings. The van der Waals surface area contributed by atoms with Gasteiger partial charge in [0.15, 0.2) is 10.0 Å². The Labute approximate surface area is 113 Å². The van der Waals surface area contributed by atoms with Crippen molar-refractivity contribution in [3.63, 3.8) is 0 Å². The van der Waals surface area contributed by atoms with E-state index >= 15 is 0 Å². The molecule has 0 amide bonds. The average Bonchev–Trinajstić information content (AvgIpc) is 2.82. The Hall–Kier alpha value is -1.40. The highest BCUT2D eigenvalue weighted by Gasteiger charge is 2.25. The Bertz CT molecular complexity index is 545. The molecule has 2 aromatic rings. The number of carbonyl (C=O) groups is 2. The summed E-state index contributed by atoms with van der Waals surface area (Å²) in [5.74, 6) is -1.13. The maximum Gasteiger partial charge on any atom is 0.264 e. The van der Waals surface area contributed by atoms with Crippen molar-refractivity contribution in [1.29, 1.82) is 0 Å². The molecule has 0 radical (unpaired) electrons. The molecule has 2 rings (SSSR count). The van der Waals surface area contributed by atoms with Gasteiger partial charge in [-0.25, -0.2) is 9.97 Å². The predicted molar refractivity (Wildman–Crippen MR) is 71.8 cm³/mol. The van der Waals surface area contributed by atoms with Crippen molar-refractivity contribution in [1.82, 2.24) is 9.97 Å². The van der Waals surface area contributed by atoms with E-state index in [2.05, 4.69) is 9.97 Å². The molecule has 0 N–H and O–H groups in total. The maximum absolute atomic E-state index is 12.0. The van der Waals surface area contributed by atoms with Gasteiger partial charge in [0.2, 0.25) is 0 Å². The van der Waals surface area contributed by atoms with Crippen LogP contribution in [0.15, 0.2) is 0 Å². The molecule has 2 aromatic heterocycles. The minimum Gasteiger partial charge on any atom is -0.282 e. The van der Waals surface area contributed by atoms with Gasteiger partial charge in [-0.05, 0) is 27.7 Å². The van der Waals surface area contributed by atoms with Crippen LogP contribution < -0.4 is 0 Å². The summed E-state index contributed by atoms with van der Waals surface area (Å²) in [5, 5.41) is 0.501. The largest absolute Gasteiger partial charge is 0.282 e. The highest BCUT2D eigenvalue weighted by molar-refractivity contribution is 7.16. The average molecular weight is 280 g/mol. The summed E-state index contributed by atoms with van der Waals surface area (Å²) in [6.45, 7) is 7.41. The third kappa shape index (κ3) is 2.26. The summed E-state index contributed by atoms with van der Waals surface area (Å²) in [5.41, 5.74) is 1.59. The molecule has 6 heteroatoms. The van der Waals surface area contributed by atoms with Crippen LogP contribution in [0.1, 0.15) is 40.7 Å². The van der Waals surface area contributed by atoms with Gasteiger partial charge in [0.05, 0.1) is 11.4 Å². The summed E-state index contributed by atoms with van der Waals surface area (Å²) in [6.07, 6.45) is 0. The van der Waals surface area contributed by atoms with E-state index in [1.807, 2.05) is 27.7 Å². The minimum absolute atomic E-state index is 0.250. The Morgan fingerprint density at radius 3 is 1.33 bits per heavy atom. The van der Waals surface area contributed by atoms with Gasteiger partial charge in [-0.1, -0.05) is 0 Å². The van der Waals surface area contributed by atoms with Crippen LogP contribution >= 0.6 is 22.7 Å². The van der Waals surface area contributed by atoms with E-state index in [0.29, 0.717) is 0 Å². The summed E-state index contributed by atoms with van der Waals surface area (Å²) in [6, 6.07) is 0. The quantitative estimate of drug-likeness (QED) is 0.640. The molecule has 0 saturated carbocycles. The fourth-order valence-electron chi connectivity index (χ4n) is 1.33. The summed E-state index contributed by atoms with van der Waals surface area (Å²) in [4.78, 5) is 34.1. The number of rotatable bonds is 3. The topological polar surface area (TPSA) is 59.9 Å². The number of hydrogen-bond donors (Lipinski definition) is 0. The third-order valence-corrected chi connectivity index (χ3v) is 4.80. The van der Waals surface area contributed by atoms with Gasteiger partial charge in [0, 0.05) is 9.75 Å². The normalized spacial score (nSPS) is 10.7. The highest BCUT2D eigenvalue weighted by Crippen LogP contribution is 2.21. The molecule has 0 spiro atoms. The molecular formula is C12H12N2O2S2. The summed E-state index contributed by atoms with van der Waals surface area (Å²) < 4.78 is 0. The lowest BCUT2D eigenvalue weighted by Gasteiger charge is -1.91. The molecule has 0 aliphatic heterocycles. The van der Waals surface area contributed by atoms with Gasteiger partial charge in [0.25, 0.3) is 11.6 Å². The standard InChI is InChI=1S/C12H12N2O2S2/c1-5-7(3)17-11(13-5)9(15)10(16)12-14-6(2)8(4)18-12/h1-4H3. The lowest BCUT2D eigenvalue weighted by Crippen LogP contribution is -2.14. The third-order valence-electron chi connectivity index (χ3n) is 2.65. The highest BCUT2D eigenvalue weighted by atomic mass is 32.1. The van der Waals surface area contributed by atoms with Crippen LogP contribution in [-0.4, -0.2) is 21.5 Å². The fourth-order valence-corrected chi connectivity index (χ4v) is 3.04. The van der Waals surface area contributed by atoms with Crippen LogP contribution in [0.3, 0.4) is 0 Å². The zero-order chi connectivity index (χ0) is 13.4. The lowest BCUT2D eigenvalue weighted by atomic mass is 10.3. The number of aromatic nitrogens is 2. The molecule has 0 atom stereocenters. The SMILES string of the molecule is Cc1nc(C(=O)C(=O)c2nc(C)c(C)s2)sc1C. The number of thiazole rings is 2. The first kappa shape index (κ1) is 13.0. The van der Waals surface area contributed by atoms with E-state index in [0.717, 1.165) is 21.1 Å². The van der Waals surface area contributed by atoms with Crippen molar-refractivity contribution < 1.29 is 9.59 Å². The van der Waals surface area contributed by atoms with Crippen molar-refractivity contribution in [2.24, 2.45) is 0 Å². The van der Waals surface area contributed by atoms with Crippen molar-refractivity contribution in [3.05, 3.63) is 31.2 Å². The van der Waals surface area contributed by atoms with Gasteiger partial charge >= 0.3 is 0 Å². The minimum atomic E-state index is -0.565. The van der Waals surface area contributed by atoms with Gasteiger partial charge in [-0.2, -0.15) is 0 Å². The van der Waals surface area contributed by atoms with Gasteiger partial charge in [-0.3, -0.25) is 9.59 Å². The first-order valence-corrected chi connectivity index (χ1v) is 7.00. The monoisotopic (exact) mass is 280 g/mol. The van der Waals surface area contributed by atoms with E-state index in [9.17, 15) is 9.59 Å². The van der Waals surface area contributed by atoms with Crippen molar-refractivity contribution in [2.45, 2.75) is 27.7 Å². The number of aryl methyl sites for hydroxylation is 4.